The number of unbranched alkanes of at least 4 members (excludes halogenated alkanes) is 1. The Labute approximate surface area is 227 Å². The SMILES string of the molecule is O=C(O)CCCc1cn(CC(=O)O)c2c(C=Cc3ccc(OCCCCOc4ccccc4)cn3)cccc12. The summed E-state index contributed by atoms with van der Waals surface area (Å²) in [6.45, 7) is 1.04. The highest BCUT2D eigenvalue weighted by atomic mass is 16.5. The van der Waals surface area contributed by atoms with E-state index in [1.54, 1.807) is 10.8 Å². The lowest BCUT2D eigenvalue weighted by molar-refractivity contribution is -0.138. The Kier molecular flexibility index (Phi) is 9.72. The van der Waals surface area contributed by atoms with Crippen LogP contribution in [0.3, 0.4) is 0 Å². The fourth-order valence-corrected chi connectivity index (χ4v) is 4.35. The molecule has 4 aromatic rings. The minimum atomic E-state index is -0.941. The number of nitrogens with zero attached hydrogens (tertiary/aromatic N) is 2. The summed E-state index contributed by atoms with van der Waals surface area (Å²) in [6, 6.07) is 19.3. The van der Waals surface area contributed by atoms with Crippen molar-refractivity contribution in [3.63, 3.8) is 0 Å². The molecule has 0 radical (unpaired) electrons. The molecule has 0 bridgehead atoms. The van der Waals surface area contributed by atoms with Crippen LogP contribution in [-0.4, -0.2) is 44.9 Å². The van der Waals surface area contributed by atoms with Crippen LogP contribution in [0.5, 0.6) is 11.5 Å². The first-order chi connectivity index (χ1) is 19.0. The van der Waals surface area contributed by atoms with Gasteiger partial charge in [0.25, 0.3) is 0 Å². The highest BCUT2D eigenvalue weighted by Crippen LogP contribution is 2.28. The number of carbonyl (C=O) groups is 2. The Bertz CT molecular complexity index is 1410. The van der Waals surface area contributed by atoms with Crippen LogP contribution < -0.4 is 9.47 Å². The number of ether oxygens (including phenoxy) is 2. The Balaban J connectivity index is 1.36. The van der Waals surface area contributed by atoms with Gasteiger partial charge in [-0.25, -0.2) is 0 Å². The van der Waals surface area contributed by atoms with Gasteiger partial charge in [0, 0.05) is 18.0 Å². The third-order valence-electron chi connectivity index (χ3n) is 6.17. The molecule has 0 aliphatic carbocycles. The summed E-state index contributed by atoms with van der Waals surface area (Å²) in [5, 5.41) is 19.3. The number of benzene rings is 2. The zero-order chi connectivity index (χ0) is 27.5. The zero-order valence-corrected chi connectivity index (χ0v) is 21.7. The summed E-state index contributed by atoms with van der Waals surface area (Å²) >= 11 is 0. The number of pyridine rings is 1. The second-order valence-corrected chi connectivity index (χ2v) is 9.14. The maximum atomic E-state index is 11.5. The van der Waals surface area contributed by atoms with Gasteiger partial charge in [0.1, 0.15) is 18.0 Å². The lowest BCUT2D eigenvalue weighted by atomic mass is 10.0. The summed E-state index contributed by atoms with van der Waals surface area (Å²) in [5.74, 6) is -0.220. The maximum absolute atomic E-state index is 11.5. The first kappa shape index (κ1) is 27.4. The summed E-state index contributed by atoms with van der Waals surface area (Å²) in [7, 11) is 0. The second kappa shape index (κ2) is 13.8. The van der Waals surface area contributed by atoms with Gasteiger partial charge in [-0.05, 0) is 67.2 Å². The third kappa shape index (κ3) is 8.20. The van der Waals surface area contributed by atoms with E-state index in [9.17, 15) is 14.7 Å². The fourth-order valence-electron chi connectivity index (χ4n) is 4.35. The predicted octanol–water partition coefficient (Wildman–Crippen LogP) is 5.94. The molecule has 0 spiro atoms. The van der Waals surface area contributed by atoms with Crippen molar-refractivity contribution in [3.8, 4) is 11.5 Å². The number of rotatable bonds is 15. The molecule has 0 atom stereocenters. The number of aryl methyl sites for hydroxylation is 1. The average Bonchev–Trinajstić information content (AvgIpc) is 3.27. The number of aliphatic carboxylic acids is 2. The molecule has 39 heavy (non-hydrogen) atoms. The minimum absolute atomic E-state index is 0.0687. The molecule has 4 rings (SSSR count). The van der Waals surface area contributed by atoms with Crippen molar-refractivity contribution in [2.24, 2.45) is 0 Å². The number of carboxylic acids is 2. The Morgan fingerprint density at radius 2 is 1.59 bits per heavy atom. The molecule has 202 valence electrons. The molecule has 0 fully saturated rings. The lowest BCUT2D eigenvalue weighted by Gasteiger charge is -2.07. The Morgan fingerprint density at radius 3 is 2.28 bits per heavy atom. The molecule has 2 aromatic carbocycles. The van der Waals surface area contributed by atoms with E-state index < -0.39 is 11.9 Å². The van der Waals surface area contributed by atoms with Gasteiger partial charge >= 0.3 is 11.9 Å². The van der Waals surface area contributed by atoms with Crippen LogP contribution >= 0.6 is 0 Å². The standard InChI is InChI=1S/C31H32N2O6/c34-29(35)13-7-9-24-21-33(22-30(36)37)31-23(8-6-12-28(24)31)14-15-25-16-17-27(20-32-25)39-19-5-4-18-38-26-10-2-1-3-11-26/h1-3,6,8,10-12,14-17,20-21H,4-5,7,9,13,18-19,22H2,(H,34,35)(H,36,37). The Morgan fingerprint density at radius 1 is 0.821 bits per heavy atom. The first-order valence-electron chi connectivity index (χ1n) is 13.0. The molecule has 2 aromatic heterocycles. The van der Waals surface area contributed by atoms with Gasteiger partial charge in [-0.15, -0.1) is 0 Å². The molecule has 0 unspecified atom stereocenters. The molecule has 0 amide bonds. The Hall–Kier alpha value is -4.59. The van der Waals surface area contributed by atoms with Gasteiger partial charge in [0.15, 0.2) is 0 Å². The average molecular weight is 529 g/mol. The lowest BCUT2D eigenvalue weighted by Crippen LogP contribution is -2.07. The van der Waals surface area contributed by atoms with E-state index in [2.05, 4.69) is 4.98 Å². The molecule has 2 heterocycles. The van der Waals surface area contributed by atoms with Crippen molar-refractivity contribution in [2.45, 2.75) is 38.6 Å². The molecule has 0 saturated heterocycles. The van der Waals surface area contributed by atoms with Crippen molar-refractivity contribution in [1.29, 1.82) is 0 Å². The van der Waals surface area contributed by atoms with Crippen molar-refractivity contribution < 1.29 is 29.3 Å². The first-order valence-corrected chi connectivity index (χ1v) is 13.0. The molecular formula is C31H32N2O6. The van der Waals surface area contributed by atoms with Crippen LogP contribution in [0.15, 0.2) is 73.1 Å². The van der Waals surface area contributed by atoms with Crippen molar-refractivity contribution in [2.75, 3.05) is 13.2 Å². The monoisotopic (exact) mass is 528 g/mol. The number of carboxylic acid groups (broad SMARTS) is 2. The van der Waals surface area contributed by atoms with Gasteiger partial charge < -0.3 is 24.3 Å². The van der Waals surface area contributed by atoms with E-state index in [4.69, 9.17) is 14.6 Å². The van der Waals surface area contributed by atoms with Gasteiger partial charge in [-0.1, -0.05) is 42.5 Å². The molecule has 0 aliphatic rings. The molecular weight excluding hydrogens is 496 g/mol. The zero-order valence-electron chi connectivity index (χ0n) is 21.7. The molecule has 8 nitrogen and oxygen atoms in total. The van der Waals surface area contributed by atoms with E-state index in [0.29, 0.717) is 31.8 Å². The second-order valence-electron chi connectivity index (χ2n) is 9.14. The topological polar surface area (TPSA) is 111 Å². The van der Waals surface area contributed by atoms with E-state index in [1.165, 1.54) is 0 Å². The van der Waals surface area contributed by atoms with Crippen molar-refractivity contribution in [1.82, 2.24) is 9.55 Å². The summed E-state index contributed by atoms with van der Waals surface area (Å²) < 4.78 is 13.2. The van der Waals surface area contributed by atoms with Crippen molar-refractivity contribution in [3.05, 3.63) is 89.9 Å². The van der Waals surface area contributed by atoms with E-state index >= 15 is 0 Å². The van der Waals surface area contributed by atoms with Gasteiger partial charge in [-0.3, -0.25) is 14.6 Å². The minimum Gasteiger partial charge on any atom is -0.494 e. The number of hydrogen-bond acceptors (Lipinski definition) is 5. The number of hydrogen-bond donors (Lipinski definition) is 2. The predicted molar refractivity (Wildman–Crippen MR) is 150 cm³/mol. The summed E-state index contributed by atoms with van der Waals surface area (Å²) in [5.41, 5.74) is 3.35. The molecule has 8 heteroatoms. The van der Waals surface area contributed by atoms with E-state index in [0.717, 1.165) is 46.3 Å². The van der Waals surface area contributed by atoms with Crippen LogP contribution in [-0.2, 0) is 22.6 Å². The highest BCUT2D eigenvalue weighted by Gasteiger charge is 2.13. The van der Waals surface area contributed by atoms with Crippen LogP contribution in [0, 0.1) is 0 Å². The number of aromatic nitrogens is 2. The van der Waals surface area contributed by atoms with Crippen LogP contribution in [0.4, 0.5) is 0 Å². The van der Waals surface area contributed by atoms with Crippen LogP contribution in [0.25, 0.3) is 23.1 Å². The van der Waals surface area contributed by atoms with Crippen LogP contribution in [0.2, 0.25) is 0 Å². The summed E-state index contributed by atoms with van der Waals surface area (Å²) in [6.07, 6.45) is 10.2. The molecule has 0 saturated carbocycles. The highest BCUT2D eigenvalue weighted by molar-refractivity contribution is 5.93. The van der Waals surface area contributed by atoms with E-state index in [-0.39, 0.29) is 13.0 Å². The van der Waals surface area contributed by atoms with E-state index in [1.807, 2.05) is 79.0 Å². The summed E-state index contributed by atoms with van der Waals surface area (Å²) in [4.78, 5) is 26.9. The largest absolute Gasteiger partial charge is 0.494 e. The number of fused-ring (bicyclic) bond motifs is 1. The fraction of sp³-hybridized carbons (Fsp3) is 0.258. The van der Waals surface area contributed by atoms with Crippen LogP contribution in [0.1, 0.15) is 42.5 Å². The number of para-hydroxylation sites is 2. The van der Waals surface area contributed by atoms with Gasteiger partial charge in [-0.2, -0.15) is 0 Å². The molecule has 2 N–H and O–H groups in total. The quantitative estimate of drug-likeness (QED) is 0.184. The normalized spacial score (nSPS) is 11.2. The third-order valence-corrected chi connectivity index (χ3v) is 6.17. The smallest absolute Gasteiger partial charge is 0.323 e. The maximum Gasteiger partial charge on any atom is 0.323 e. The molecule has 0 aliphatic heterocycles. The van der Waals surface area contributed by atoms with Crippen molar-refractivity contribution >= 4 is 35.0 Å². The van der Waals surface area contributed by atoms with Gasteiger partial charge in [0.05, 0.1) is 30.6 Å². The van der Waals surface area contributed by atoms with Gasteiger partial charge in [0.2, 0.25) is 0 Å².